The minimum atomic E-state index is -3.95. The molecular weight excluding hydrogens is 304 g/mol. The molecule has 0 saturated heterocycles. The molecule has 0 aliphatic heterocycles. The zero-order chi connectivity index (χ0) is 16.3. The van der Waals surface area contributed by atoms with Gasteiger partial charge in [-0.05, 0) is 43.2 Å². The topological polar surface area (TPSA) is 61.8 Å². The fraction of sp³-hybridized carbons (Fsp3) is 0.250. The number of benzene rings is 2. The molecule has 2 aromatic carbocycles. The van der Waals surface area contributed by atoms with Crippen molar-refractivity contribution < 1.29 is 22.1 Å². The van der Waals surface area contributed by atoms with Gasteiger partial charge in [-0.15, -0.1) is 0 Å². The van der Waals surface area contributed by atoms with Gasteiger partial charge in [-0.25, -0.2) is 0 Å². The van der Waals surface area contributed by atoms with Gasteiger partial charge in [0.25, 0.3) is 0 Å². The molecule has 0 unspecified atom stereocenters. The molecular formula is C16H18O5S. The molecule has 0 aliphatic carbocycles. The standard InChI is InChI=1S/C16H18O5S/c1-11-5-6-12(2)15(9-11)21-22(17,18)13-7-8-14(19-3)16(10-13)20-4/h5-10H,1-4H3. The lowest BCUT2D eigenvalue weighted by molar-refractivity contribution is 0.353. The van der Waals surface area contributed by atoms with Crippen LogP contribution in [0, 0.1) is 13.8 Å². The first kappa shape index (κ1) is 16.2. The second-order valence-electron chi connectivity index (χ2n) is 4.82. The summed E-state index contributed by atoms with van der Waals surface area (Å²) < 4.78 is 40.3. The number of rotatable bonds is 5. The Hall–Kier alpha value is -2.21. The van der Waals surface area contributed by atoms with Gasteiger partial charge < -0.3 is 13.7 Å². The van der Waals surface area contributed by atoms with Crippen molar-refractivity contribution in [2.45, 2.75) is 18.7 Å². The van der Waals surface area contributed by atoms with E-state index in [0.717, 1.165) is 11.1 Å². The van der Waals surface area contributed by atoms with Gasteiger partial charge in [0.15, 0.2) is 11.5 Å². The van der Waals surface area contributed by atoms with E-state index in [-0.39, 0.29) is 4.90 Å². The molecule has 0 aliphatic rings. The molecule has 0 heterocycles. The fourth-order valence-electron chi connectivity index (χ4n) is 1.94. The van der Waals surface area contributed by atoms with Gasteiger partial charge >= 0.3 is 10.1 Å². The van der Waals surface area contributed by atoms with Crippen LogP contribution in [0.1, 0.15) is 11.1 Å². The van der Waals surface area contributed by atoms with Crippen molar-refractivity contribution >= 4 is 10.1 Å². The lowest BCUT2D eigenvalue weighted by atomic mass is 10.1. The monoisotopic (exact) mass is 322 g/mol. The maximum atomic E-state index is 12.4. The number of methoxy groups -OCH3 is 2. The van der Waals surface area contributed by atoms with Crippen LogP contribution in [0.4, 0.5) is 0 Å². The molecule has 0 bridgehead atoms. The highest BCUT2D eigenvalue weighted by Gasteiger charge is 2.20. The third-order valence-corrected chi connectivity index (χ3v) is 4.42. The van der Waals surface area contributed by atoms with E-state index in [0.29, 0.717) is 17.2 Å². The van der Waals surface area contributed by atoms with Crippen molar-refractivity contribution in [2.24, 2.45) is 0 Å². The van der Waals surface area contributed by atoms with Crippen LogP contribution in [0.3, 0.4) is 0 Å². The van der Waals surface area contributed by atoms with Gasteiger partial charge in [0.1, 0.15) is 10.6 Å². The van der Waals surface area contributed by atoms with E-state index in [9.17, 15) is 8.42 Å². The van der Waals surface area contributed by atoms with Gasteiger partial charge in [-0.3, -0.25) is 0 Å². The van der Waals surface area contributed by atoms with Crippen LogP contribution in [0.5, 0.6) is 17.2 Å². The summed E-state index contributed by atoms with van der Waals surface area (Å²) in [6, 6.07) is 9.72. The normalized spacial score (nSPS) is 11.1. The number of aryl methyl sites for hydroxylation is 2. The molecule has 6 heteroatoms. The van der Waals surface area contributed by atoms with Crippen LogP contribution >= 0.6 is 0 Å². The molecule has 0 amide bonds. The summed E-state index contributed by atoms with van der Waals surface area (Å²) >= 11 is 0. The molecule has 22 heavy (non-hydrogen) atoms. The summed E-state index contributed by atoms with van der Waals surface area (Å²) in [6.45, 7) is 3.66. The van der Waals surface area contributed by atoms with Crippen LogP contribution in [-0.2, 0) is 10.1 Å². The predicted molar refractivity (Wildman–Crippen MR) is 83.3 cm³/mol. The van der Waals surface area contributed by atoms with Crippen LogP contribution in [0.25, 0.3) is 0 Å². The summed E-state index contributed by atoms with van der Waals surface area (Å²) in [5.74, 6) is 1.09. The van der Waals surface area contributed by atoms with Gasteiger partial charge in [0, 0.05) is 6.07 Å². The maximum absolute atomic E-state index is 12.4. The molecule has 0 spiro atoms. The van der Waals surface area contributed by atoms with E-state index in [1.807, 2.05) is 19.1 Å². The quantitative estimate of drug-likeness (QED) is 0.792. The zero-order valence-electron chi connectivity index (χ0n) is 12.9. The molecule has 0 atom stereocenters. The van der Waals surface area contributed by atoms with Crippen LogP contribution in [0.15, 0.2) is 41.3 Å². The fourth-order valence-corrected chi connectivity index (χ4v) is 2.93. The third kappa shape index (κ3) is 3.33. The van der Waals surface area contributed by atoms with Crippen molar-refractivity contribution in [1.29, 1.82) is 0 Å². The van der Waals surface area contributed by atoms with Gasteiger partial charge in [-0.2, -0.15) is 8.42 Å². The smallest absolute Gasteiger partial charge is 0.339 e. The summed E-state index contributed by atoms with van der Waals surface area (Å²) in [6.07, 6.45) is 0. The van der Waals surface area contributed by atoms with Gasteiger partial charge in [-0.1, -0.05) is 12.1 Å². The number of hydrogen-bond donors (Lipinski definition) is 0. The van der Waals surface area contributed by atoms with E-state index in [1.54, 1.807) is 13.0 Å². The molecule has 2 aromatic rings. The van der Waals surface area contributed by atoms with E-state index < -0.39 is 10.1 Å². The Morgan fingerprint density at radius 3 is 2.14 bits per heavy atom. The minimum absolute atomic E-state index is 0.00561. The average molecular weight is 322 g/mol. The maximum Gasteiger partial charge on any atom is 0.339 e. The lowest BCUT2D eigenvalue weighted by Gasteiger charge is -2.12. The highest BCUT2D eigenvalue weighted by molar-refractivity contribution is 7.87. The highest BCUT2D eigenvalue weighted by Crippen LogP contribution is 2.31. The van der Waals surface area contributed by atoms with E-state index >= 15 is 0 Å². The third-order valence-electron chi connectivity index (χ3n) is 3.19. The number of ether oxygens (including phenoxy) is 2. The van der Waals surface area contributed by atoms with E-state index in [4.69, 9.17) is 13.7 Å². The minimum Gasteiger partial charge on any atom is -0.493 e. The average Bonchev–Trinajstić information content (AvgIpc) is 2.49. The Morgan fingerprint density at radius 1 is 0.818 bits per heavy atom. The second kappa shape index (κ2) is 6.27. The van der Waals surface area contributed by atoms with Crippen molar-refractivity contribution in [3.63, 3.8) is 0 Å². The van der Waals surface area contributed by atoms with Crippen molar-refractivity contribution in [1.82, 2.24) is 0 Å². The molecule has 2 rings (SSSR count). The SMILES string of the molecule is COc1ccc(S(=O)(=O)Oc2cc(C)ccc2C)cc1OC. The Balaban J connectivity index is 2.40. The first-order chi connectivity index (χ1) is 10.4. The molecule has 0 saturated carbocycles. The first-order valence-electron chi connectivity index (χ1n) is 6.61. The summed E-state index contributed by atoms with van der Waals surface area (Å²) in [5.41, 5.74) is 1.66. The Labute approximate surface area is 130 Å². The highest BCUT2D eigenvalue weighted by atomic mass is 32.2. The summed E-state index contributed by atoms with van der Waals surface area (Å²) in [4.78, 5) is 0.00561. The van der Waals surface area contributed by atoms with E-state index in [1.165, 1.54) is 32.4 Å². The van der Waals surface area contributed by atoms with Crippen molar-refractivity contribution in [3.8, 4) is 17.2 Å². The Kier molecular flexibility index (Phi) is 4.61. The predicted octanol–water partition coefficient (Wildman–Crippen LogP) is 3.09. The molecule has 0 fully saturated rings. The molecule has 5 nitrogen and oxygen atoms in total. The van der Waals surface area contributed by atoms with Crippen LogP contribution < -0.4 is 13.7 Å². The molecule has 0 radical (unpaired) electrons. The molecule has 0 N–H and O–H groups in total. The van der Waals surface area contributed by atoms with Crippen LogP contribution in [-0.4, -0.2) is 22.6 Å². The lowest BCUT2D eigenvalue weighted by Crippen LogP contribution is -2.11. The molecule has 0 aromatic heterocycles. The van der Waals surface area contributed by atoms with Crippen LogP contribution in [0.2, 0.25) is 0 Å². The Bertz CT molecular complexity index is 781. The van der Waals surface area contributed by atoms with Gasteiger partial charge in [0.05, 0.1) is 14.2 Å². The second-order valence-corrected chi connectivity index (χ2v) is 6.37. The Morgan fingerprint density at radius 2 is 1.50 bits per heavy atom. The van der Waals surface area contributed by atoms with Crippen molar-refractivity contribution in [3.05, 3.63) is 47.5 Å². The number of hydrogen-bond acceptors (Lipinski definition) is 5. The summed E-state index contributed by atoms with van der Waals surface area (Å²) in [5, 5.41) is 0. The zero-order valence-corrected chi connectivity index (χ0v) is 13.7. The summed E-state index contributed by atoms with van der Waals surface area (Å²) in [7, 11) is -1.02. The molecule has 118 valence electrons. The largest absolute Gasteiger partial charge is 0.493 e. The van der Waals surface area contributed by atoms with E-state index in [2.05, 4.69) is 0 Å². The van der Waals surface area contributed by atoms with Gasteiger partial charge in [0.2, 0.25) is 0 Å². The first-order valence-corrected chi connectivity index (χ1v) is 8.02. The van der Waals surface area contributed by atoms with Crippen molar-refractivity contribution in [2.75, 3.05) is 14.2 Å².